The van der Waals surface area contributed by atoms with E-state index in [1.54, 1.807) is 0 Å². The van der Waals surface area contributed by atoms with Crippen LogP contribution in [0.1, 0.15) is 36.5 Å². The molecule has 41 heavy (non-hydrogen) atoms. The molecule has 1 aliphatic rings. The lowest BCUT2D eigenvalue weighted by Gasteiger charge is -2.19. The number of carbonyl (C=O) groups is 4. The van der Waals surface area contributed by atoms with Crippen LogP contribution in [0.4, 0.5) is 4.79 Å². The van der Waals surface area contributed by atoms with Gasteiger partial charge in [-0.05, 0) is 41.7 Å². The first kappa shape index (κ1) is 29.3. The lowest BCUT2D eigenvalue weighted by atomic mass is 9.98. The number of nitrogens with one attached hydrogen (secondary N) is 3. The van der Waals surface area contributed by atoms with Gasteiger partial charge in [0.15, 0.2) is 0 Å². The molecule has 0 saturated heterocycles. The van der Waals surface area contributed by atoms with Crippen molar-refractivity contribution in [2.24, 2.45) is 0 Å². The maximum absolute atomic E-state index is 12.5. The van der Waals surface area contributed by atoms with Crippen LogP contribution in [-0.4, -0.2) is 55.9 Å². The average Bonchev–Trinajstić information content (AvgIpc) is 3.31. The maximum atomic E-state index is 12.5. The van der Waals surface area contributed by atoms with E-state index in [4.69, 9.17) is 14.2 Å². The van der Waals surface area contributed by atoms with Gasteiger partial charge in [-0.2, -0.15) is 0 Å². The highest BCUT2D eigenvalue weighted by atomic mass is 16.6. The molecule has 0 spiro atoms. The summed E-state index contributed by atoms with van der Waals surface area (Å²) in [6, 6.07) is 23.3. The molecule has 0 bridgehead atoms. The fraction of sp³-hybridized carbons (Fsp3) is 0.290. The number of hydrogen-bond acceptors (Lipinski definition) is 7. The molecule has 0 heterocycles. The summed E-state index contributed by atoms with van der Waals surface area (Å²) in [6.45, 7) is 2.64. The van der Waals surface area contributed by atoms with E-state index in [-0.39, 0.29) is 32.5 Å². The van der Waals surface area contributed by atoms with Crippen LogP contribution in [0.5, 0.6) is 0 Å². The SMILES string of the molecule is C[C@H](NC(=O)OCC1c2ccccc2-c2ccccc21)C(=O)N[C@@H](C)C(=O)NCOCC(=O)OCc1ccccc1. The van der Waals surface area contributed by atoms with E-state index in [2.05, 4.69) is 16.0 Å². The van der Waals surface area contributed by atoms with E-state index in [9.17, 15) is 19.2 Å². The fourth-order valence-corrected chi connectivity index (χ4v) is 4.48. The zero-order chi connectivity index (χ0) is 29.2. The van der Waals surface area contributed by atoms with Crippen LogP contribution in [0.15, 0.2) is 78.9 Å². The van der Waals surface area contributed by atoms with Gasteiger partial charge in [0.1, 0.15) is 38.6 Å². The van der Waals surface area contributed by atoms with Gasteiger partial charge in [-0.1, -0.05) is 78.9 Å². The van der Waals surface area contributed by atoms with Crippen LogP contribution in [-0.2, 0) is 35.2 Å². The molecular weight excluding hydrogens is 526 g/mol. The number of benzene rings is 3. The van der Waals surface area contributed by atoms with Crippen molar-refractivity contribution in [1.29, 1.82) is 0 Å². The Kier molecular flexibility index (Phi) is 10.1. The van der Waals surface area contributed by atoms with Crippen molar-refractivity contribution < 1.29 is 33.4 Å². The van der Waals surface area contributed by atoms with Gasteiger partial charge in [0, 0.05) is 5.92 Å². The molecule has 3 amide bonds. The third kappa shape index (κ3) is 7.92. The highest BCUT2D eigenvalue weighted by Crippen LogP contribution is 2.44. The first-order chi connectivity index (χ1) is 19.8. The number of carbonyl (C=O) groups excluding carboxylic acids is 4. The Balaban J connectivity index is 1.14. The smallest absolute Gasteiger partial charge is 0.407 e. The number of esters is 1. The zero-order valence-corrected chi connectivity index (χ0v) is 22.9. The van der Waals surface area contributed by atoms with Gasteiger partial charge < -0.3 is 30.2 Å². The first-order valence-corrected chi connectivity index (χ1v) is 13.3. The Morgan fingerprint density at radius 3 is 1.98 bits per heavy atom. The lowest BCUT2D eigenvalue weighted by molar-refractivity contribution is -0.151. The molecule has 3 aromatic carbocycles. The van der Waals surface area contributed by atoms with Gasteiger partial charge >= 0.3 is 12.1 Å². The molecule has 0 fully saturated rings. The molecule has 0 aromatic heterocycles. The molecule has 3 aromatic rings. The van der Waals surface area contributed by atoms with Crippen molar-refractivity contribution >= 4 is 23.9 Å². The largest absolute Gasteiger partial charge is 0.459 e. The van der Waals surface area contributed by atoms with Gasteiger partial charge in [0.25, 0.3) is 0 Å². The second-order valence-electron chi connectivity index (χ2n) is 9.60. The highest BCUT2D eigenvalue weighted by Gasteiger charge is 2.29. The van der Waals surface area contributed by atoms with Crippen molar-refractivity contribution in [2.45, 2.75) is 38.5 Å². The van der Waals surface area contributed by atoms with E-state index in [1.807, 2.05) is 78.9 Å². The van der Waals surface area contributed by atoms with Gasteiger partial charge in [0.05, 0.1) is 0 Å². The van der Waals surface area contributed by atoms with Crippen molar-refractivity contribution in [1.82, 2.24) is 16.0 Å². The van der Waals surface area contributed by atoms with Gasteiger partial charge in [-0.3, -0.25) is 9.59 Å². The van der Waals surface area contributed by atoms with E-state index in [0.29, 0.717) is 0 Å². The Hall–Kier alpha value is -4.70. The molecule has 0 aliphatic heterocycles. The Bertz CT molecular complexity index is 1330. The molecule has 1 aliphatic carbocycles. The molecule has 214 valence electrons. The highest BCUT2D eigenvalue weighted by molar-refractivity contribution is 5.90. The predicted molar refractivity (Wildman–Crippen MR) is 150 cm³/mol. The van der Waals surface area contributed by atoms with Crippen molar-refractivity contribution in [2.75, 3.05) is 19.9 Å². The molecule has 10 heteroatoms. The molecule has 2 atom stereocenters. The topological polar surface area (TPSA) is 132 Å². The molecule has 10 nitrogen and oxygen atoms in total. The van der Waals surface area contributed by atoms with Crippen molar-refractivity contribution in [3.8, 4) is 11.1 Å². The van der Waals surface area contributed by atoms with Crippen LogP contribution in [0.3, 0.4) is 0 Å². The second kappa shape index (κ2) is 14.1. The molecule has 0 unspecified atom stereocenters. The molecule has 3 N–H and O–H groups in total. The van der Waals surface area contributed by atoms with Crippen LogP contribution in [0.25, 0.3) is 11.1 Å². The molecule has 0 saturated carbocycles. The Labute approximate surface area is 238 Å². The maximum Gasteiger partial charge on any atom is 0.407 e. The number of ether oxygens (including phenoxy) is 3. The zero-order valence-electron chi connectivity index (χ0n) is 22.9. The summed E-state index contributed by atoms with van der Waals surface area (Å²) < 4.78 is 15.7. The van der Waals surface area contributed by atoms with Gasteiger partial charge in [-0.25, -0.2) is 9.59 Å². The van der Waals surface area contributed by atoms with E-state index < -0.39 is 36.0 Å². The normalized spacial score (nSPS) is 13.2. The third-order valence-electron chi connectivity index (χ3n) is 6.63. The summed E-state index contributed by atoms with van der Waals surface area (Å²) in [7, 11) is 0. The van der Waals surface area contributed by atoms with Crippen LogP contribution >= 0.6 is 0 Å². The number of hydrogen-bond donors (Lipinski definition) is 3. The quantitative estimate of drug-likeness (QED) is 0.176. The van der Waals surface area contributed by atoms with Crippen LogP contribution < -0.4 is 16.0 Å². The second-order valence-corrected chi connectivity index (χ2v) is 9.60. The fourth-order valence-electron chi connectivity index (χ4n) is 4.48. The standard InChI is InChI=1S/C31H33N3O7/c1-20(29(36)32-19-39-18-28(35)40-16-22-10-4-3-5-11-22)33-30(37)21(2)34-31(38)41-17-27-25-14-8-6-12-23(25)24-13-7-9-15-26(24)27/h3-15,20-21,27H,16-19H2,1-2H3,(H,32,36)(H,33,37)(H,34,38)/t20-,21-/m0/s1. The Morgan fingerprint density at radius 1 is 0.732 bits per heavy atom. The minimum absolute atomic E-state index is 0.103. The monoisotopic (exact) mass is 559 g/mol. The minimum Gasteiger partial charge on any atom is -0.459 e. The number of fused-ring (bicyclic) bond motifs is 3. The van der Waals surface area contributed by atoms with Crippen LogP contribution in [0, 0.1) is 0 Å². The summed E-state index contributed by atoms with van der Waals surface area (Å²) in [6.07, 6.45) is -0.737. The third-order valence-corrected chi connectivity index (χ3v) is 6.63. The van der Waals surface area contributed by atoms with Gasteiger partial charge in [0.2, 0.25) is 11.8 Å². The summed E-state index contributed by atoms with van der Waals surface area (Å²) in [5.74, 6) is -1.76. The summed E-state index contributed by atoms with van der Waals surface area (Å²) >= 11 is 0. The summed E-state index contributed by atoms with van der Waals surface area (Å²) in [5.41, 5.74) is 5.25. The molecule has 4 rings (SSSR count). The summed E-state index contributed by atoms with van der Waals surface area (Å²) in [4.78, 5) is 49.1. The average molecular weight is 560 g/mol. The van der Waals surface area contributed by atoms with E-state index >= 15 is 0 Å². The van der Waals surface area contributed by atoms with E-state index in [0.717, 1.165) is 27.8 Å². The first-order valence-electron chi connectivity index (χ1n) is 13.3. The molecular formula is C31H33N3O7. The van der Waals surface area contributed by atoms with Crippen molar-refractivity contribution in [3.05, 3.63) is 95.6 Å². The molecule has 0 radical (unpaired) electrons. The van der Waals surface area contributed by atoms with Crippen LogP contribution in [0.2, 0.25) is 0 Å². The number of alkyl carbamates (subject to hydrolysis) is 1. The van der Waals surface area contributed by atoms with E-state index in [1.165, 1.54) is 13.8 Å². The van der Waals surface area contributed by atoms with Crippen molar-refractivity contribution in [3.63, 3.8) is 0 Å². The Morgan fingerprint density at radius 2 is 1.32 bits per heavy atom. The predicted octanol–water partition coefficient (Wildman–Crippen LogP) is 3.25. The number of rotatable bonds is 12. The summed E-state index contributed by atoms with van der Waals surface area (Å²) in [5, 5.41) is 7.50. The van der Waals surface area contributed by atoms with Gasteiger partial charge in [-0.15, -0.1) is 0 Å². The number of amides is 3. The lowest BCUT2D eigenvalue weighted by Crippen LogP contribution is -2.52. The minimum atomic E-state index is -0.948.